The molecule has 0 aliphatic carbocycles. The summed E-state index contributed by atoms with van der Waals surface area (Å²) in [5, 5.41) is 4.07. The number of rotatable bonds is 6. The average molecular weight is 307 g/mol. The predicted molar refractivity (Wildman–Crippen MR) is 79.3 cm³/mol. The van der Waals surface area contributed by atoms with Gasteiger partial charge in [-0.05, 0) is 24.6 Å². The summed E-state index contributed by atoms with van der Waals surface area (Å²) < 4.78 is 0. The number of amides is 1. The Kier molecular flexibility index (Phi) is 6.86. The lowest BCUT2D eigenvalue weighted by Gasteiger charge is -2.08. The van der Waals surface area contributed by atoms with Crippen molar-refractivity contribution in [3.63, 3.8) is 0 Å². The van der Waals surface area contributed by atoms with Crippen LogP contribution in [0, 0.1) is 0 Å². The molecule has 3 N–H and O–H groups in total. The Morgan fingerprint density at radius 1 is 1.50 bits per heavy atom. The maximum atomic E-state index is 11.2. The number of hydrogen-bond donors (Lipinski definition) is 2. The molecule has 0 radical (unpaired) electrons. The van der Waals surface area contributed by atoms with E-state index >= 15 is 0 Å². The molecule has 0 saturated heterocycles. The van der Waals surface area contributed by atoms with Gasteiger partial charge in [0.2, 0.25) is 5.91 Å². The van der Waals surface area contributed by atoms with Crippen molar-refractivity contribution in [2.75, 3.05) is 12.3 Å². The van der Waals surface area contributed by atoms with E-state index in [0.717, 1.165) is 17.1 Å². The normalized spacial score (nSPS) is 12.2. The second kappa shape index (κ2) is 7.89. The third kappa shape index (κ3) is 5.48. The Morgan fingerprint density at radius 2 is 2.22 bits per heavy atom. The summed E-state index contributed by atoms with van der Waals surface area (Å²) in [6.07, 6.45) is 0. The van der Waals surface area contributed by atoms with Crippen LogP contribution < -0.4 is 11.1 Å². The summed E-state index contributed by atoms with van der Waals surface area (Å²) in [6, 6.07) is 5.01. The van der Waals surface area contributed by atoms with Gasteiger partial charge in [-0.3, -0.25) is 4.79 Å². The Bertz CT molecular complexity index is 413. The molecule has 0 aliphatic rings. The number of carbonyl (C=O) groups is 1. The van der Waals surface area contributed by atoms with Gasteiger partial charge in [0.05, 0.1) is 6.04 Å². The van der Waals surface area contributed by atoms with Gasteiger partial charge in [0.15, 0.2) is 0 Å². The van der Waals surface area contributed by atoms with Gasteiger partial charge in [0.25, 0.3) is 0 Å². The largest absolute Gasteiger partial charge is 0.354 e. The molecule has 1 aromatic rings. The van der Waals surface area contributed by atoms with Crippen molar-refractivity contribution in [2.24, 2.45) is 5.73 Å². The van der Waals surface area contributed by atoms with Crippen LogP contribution in [0.2, 0.25) is 10.0 Å². The molecule has 0 aromatic heterocycles. The van der Waals surface area contributed by atoms with Gasteiger partial charge < -0.3 is 11.1 Å². The van der Waals surface area contributed by atoms with Crippen LogP contribution in [0.5, 0.6) is 0 Å². The van der Waals surface area contributed by atoms with E-state index in [1.807, 2.05) is 12.1 Å². The van der Waals surface area contributed by atoms with E-state index in [0.29, 0.717) is 16.6 Å². The molecule has 0 heterocycles. The Morgan fingerprint density at radius 3 is 2.83 bits per heavy atom. The summed E-state index contributed by atoms with van der Waals surface area (Å²) in [5.41, 5.74) is 6.47. The first-order valence-electron chi connectivity index (χ1n) is 5.55. The molecule has 1 atom stereocenters. The smallest absolute Gasteiger partial charge is 0.236 e. The van der Waals surface area contributed by atoms with Gasteiger partial charge in [-0.1, -0.05) is 29.3 Å². The van der Waals surface area contributed by atoms with Crippen LogP contribution >= 0.6 is 35.0 Å². The quantitative estimate of drug-likeness (QED) is 0.795. The Balaban J connectivity index is 2.24. The molecule has 1 rings (SSSR count). The molecule has 1 unspecified atom stereocenters. The highest BCUT2D eigenvalue weighted by Gasteiger charge is 2.05. The molecule has 1 aromatic carbocycles. The Hall–Kier alpha value is -0.420. The topological polar surface area (TPSA) is 55.1 Å². The molecule has 0 fully saturated rings. The first-order valence-corrected chi connectivity index (χ1v) is 7.46. The number of carbonyl (C=O) groups excluding carboxylic acids is 1. The third-order valence-electron chi connectivity index (χ3n) is 2.23. The van der Waals surface area contributed by atoms with E-state index in [2.05, 4.69) is 5.32 Å². The zero-order valence-corrected chi connectivity index (χ0v) is 12.4. The summed E-state index contributed by atoms with van der Waals surface area (Å²) >= 11 is 13.6. The molecule has 3 nitrogen and oxygen atoms in total. The summed E-state index contributed by atoms with van der Waals surface area (Å²) in [5.74, 6) is 1.49. The van der Waals surface area contributed by atoms with Gasteiger partial charge in [-0.2, -0.15) is 11.8 Å². The van der Waals surface area contributed by atoms with Crippen molar-refractivity contribution in [3.05, 3.63) is 33.8 Å². The highest BCUT2D eigenvalue weighted by molar-refractivity contribution is 7.98. The zero-order valence-electron chi connectivity index (χ0n) is 10.1. The van der Waals surface area contributed by atoms with Gasteiger partial charge >= 0.3 is 0 Å². The van der Waals surface area contributed by atoms with Gasteiger partial charge in [0.1, 0.15) is 0 Å². The number of benzene rings is 1. The fourth-order valence-corrected chi connectivity index (χ4v) is 2.65. The Labute approximate surface area is 121 Å². The molecule has 0 aliphatic heterocycles. The van der Waals surface area contributed by atoms with E-state index in [-0.39, 0.29) is 5.91 Å². The number of thioether (sulfide) groups is 1. The van der Waals surface area contributed by atoms with E-state index in [1.54, 1.807) is 24.8 Å². The molecule has 6 heteroatoms. The van der Waals surface area contributed by atoms with Crippen LogP contribution in [0.1, 0.15) is 12.5 Å². The zero-order chi connectivity index (χ0) is 13.5. The number of nitrogens with one attached hydrogen (secondary N) is 1. The van der Waals surface area contributed by atoms with Crippen LogP contribution in [-0.4, -0.2) is 24.2 Å². The fourth-order valence-electron chi connectivity index (χ4n) is 1.23. The minimum atomic E-state index is -0.458. The van der Waals surface area contributed by atoms with Gasteiger partial charge in [-0.25, -0.2) is 0 Å². The molecule has 1 amide bonds. The van der Waals surface area contributed by atoms with E-state index in [4.69, 9.17) is 28.9 Å². The molecule has 18 heavy (non-hydrogen) atoms. The maximum absolute atomic E-state index is 11.2. The first-order chi connectivity index (χ1) is 8.50. The third-order valence-corrected chi connectivity index (χ3v) is 3.83. The summed E-state index contributed by atoms with van der Waals surface area (Å²) in [6.45, 7) is 2.27. The SMILES string of the molecule is CC(N)C(=O)NCCSCc1ccc(Cl)cc1Cl. The van der Waals surface area contributed by atoms with Crippen molar-refractivity contribution in [1.29, 1.82) is 0 Å². The first kappa shape index (κ1) is 15.6. The molecular weight excluding hydrogens is 291 g/mol. The van der Waals surface area contributed by atoms with Crippen LogP contribution in [0.25, 0.3) is 0 Å². The van der Waals surface area contributed by atoms with Crippen molar-refractivity contribution < 1.29 is 4.79 Å². The molecule has 0 bridgehead atoms. The second-order valence-corrected chi connectivity index (χ2v) is 5.82. The fraction of sp³-hybridized carbons (Fsp3) is 0.417. The maximum Gasteiger partial charge on any atom is 0.236 e. The van der Waals surface area contributed by atoms with Crippen LogP contribution in [0.4, 0.5) is 0 Å². The highest BCUT2D eigenvalue weighted by atomic mass is 35.5. The van der Waals surface area contributed by atoms with Crippen molar-refractivity contribution in [3.8, 4) is 0 Å². The number of hydrogen-bond acceptors (Lipinski definition) is 3. The lowest BCUT2D eigenvalue weighted by molar-refractivity contribution is -0.121. The van der Waals surface area contributed by atoms with Crippen molar-refractivity contribution >= 4 is 40.9 Å². The molecule has 100 valence electrons. The van der Waals surface area contributed by atoms with Gasteiger partial charge in [0, 0.05) is 28.1 Å². The second-order valence-electron chi connectivity index (χ2n) is 3.87. The predicted octanol–water partition coefficient (Wildman–Crippen LogP) is 2.69. The van der Waals surface area contributed by atoms with E-state index < -0.39 is 6.04 Å². The lowest BCUT2D eigenvalue weighted by atomic mass is 10.2. The van der Waals surface area contributed by atoms with E-state index in [1.165, 1.54) is 0 Å². The monoisotopic (exact) mass is 306 g/mol. The van der Waals surface area contributed by atoms with Crippen molar-refractivity contribution in [1.82, 2.24) is 5.32 Å². The lowest BCUT2D eigenvalue weighted by Crippen LogP contribution is -2.39. The van der Waals surface area contributed by atoms with Gasteiger partial charge in [-0.15, -0.1) is 0 Å². The summed E-state index contributed by atoms with van der Waals surface area (Å²) in [7, 11) is 0. The number of halogens is 2. The highest BCUT2D eigenvalue weighted by Crippen LogP contribution is 2.24. The molecular formula is C12H16Cl2N2OS. The van der Waals surface area contributed by atoms with Crippen LogP contribution in [0.3, 0.4) is 0 Å². The minimum Gasteiger partial charge on any atom is -0.354 e. The van der Waals surface area contributed by atoms with Crippen LogP contribution in [0.15, 0.2) is 18.2 Å². The summed E-state index contributed by atoms with van der Waals surface area (Å²) in [4.78, 5) is 11.2. The van der Waals surface area contributed by atoms with Crippen LogP contribution in [-0.2, 0) is 10.5 Å². The number of nitrogens with two attached hydrogens (primary N) is 1. The standard InChI is InChI=1S/C12H16Cl2N2OS/c1-8(15)12(17)16-4-5-18-7-9-2-3-10(13)6-11(9)14/h2-3,6,8H,4-5,7,15H2,1H3,(H,16,17). The van der Waals surface area contributed by atoms with Crippen molar-refractivity contribution in [2.45, 2.75) is 18.7 Å². The molecule has 0 spiro atoms. The van der Waals surface area contributed by atoms with E-state index in [9.17, 15) is 4.79 Å². The molecule has 0 saturated carbocycles. The minimum absolute atomic E-state index is 0.125. The average Bonchev–Trinajstić information content (AvgIpc) is 2.30.